The Morgan fingerprint density at radius 3 is 2.75 bits per heavy atom. The van der Waals surface area contributed by atoms with Crippen molar-refractivity contribution >= 4 is 5.82 Å². The maximum atomic E-state index is 8.99. The molecule has 0 fully saturated rings. The Hall–Kier alpha value is -2.41. The molecule has 0 unspecified atom stereocenters. The number of hydrogen-bond donors (Lipinski definition) is 1. The lowest BCUT2D eigenvalue weighted by atomic mass is 10.1. The second kappa shape index (κ2) is 6.67. The minimum atomic E-state index is 0.642. The topological polar surface area (TPSA) is 61.6 Å². The smallest absolute Gasteiger partial charge is 0.131 e. The highest BCUT2D eigenvalue weighted by Gasteiger charge is 2.06. The minimum absolute atomic E-state index is 0.642. The third kappa shape index (κ3) is 3.33. The summed E-state index contributed by atoms with van der Waals surface area (Å²) < 4.78 is 0. The molecular weight excluding hydrogens is 248 g/mol. The average molecular weight is 266 g/mol. The van der Waals surface area contributed by atoms with Gasteiger partial charge in [0.2, 0.25) is 0 Å². The van der Waals surface area contributed by atoms with Gasteiger partial charge in [-0.15, -0.1) is 0 Å². The van der Waals surface area contributed by atoms with Gasteiger partial charge in [-0.1, -0.05) is 19.1 Å². The van der Waals surface area contributed by atoms with Gasteiger partial charge >= 0.3 is 0 Å². The van der Waals surface area contributed by atoms with Crippen molar-refractivity contribution in [1.82, 2.24) is 9.97 Å². The molecule has 4 nitrogen and oxygen atoms in total. The maximum Gasteiger partial charge on any atom is 0.131 e. The zero-order chi connectivity index (χ0) is 14.4. The Balaban J connectivity index is 2.45. The van der Waals surface area contributed by atoms with E-state index < -0.39 is 0 Å². The van der Waals surface area contributed by atoms with E-state index in [0.29, 0.717) is 5.56 Å². The number of anilines is 1. The van der Waals surface area contributed by atoms with Gasteiger partial charge in [0, 0.05) is 24.6 Å². The fourth-order valence-corrected chi connectivity index (χ4v) is 2.00. The maximum absolute atomic E-state index is 8.99. The number of hydrogen-bond acceptors (Lipinski definition) is 4. The van der Waals surface area contributed by atoms with Gasteiger partial charge in [0.15, 0.2) is 0 Å². The Morgan fingerprint density at radius 1 is 1.20 bits per heavy atom. The van der Waals surface area contributed by atoms with E-state index in [1.54, 1.807) is 6.07 Å². The Kier molecular flexibility index (Phi) is 4.67. The standard InChI is InChI=1S/C16H18N4/c1-3-6-15-19-14(10-16(20-15)18-4-2)13-8-5-7-12(9-13)11-17/h5,7-10H,3-4,6H2,1-2H3,(H,18,19,20). The second-order valence-electron chi connectivity index (χ2n) is 4.53. The van der Waals surface area contributed by atoms with Gasteiger partial charge in [0.25, 0.3) is 0 Å². The number of nitrogens with zero attached hydrogens (tertiary/aromatic N) is 3. The minimum Gasteiger partial charge on any atom is -0.370 e. The molecule has 0 aliphatic rings. The van der Waals surface area contributed by atoms with Crippen molar-refractivity contribution in [3.63, 3.8) is 0 Å². The van der Waals surface area contributed by atoms with Crippen LogP contribution in [0.5, 0.6) is 0 Å². The predicted octanol–water partition coefficient (Wildman–Crippen LogP) is 3.40. The predicted molar refractivity (Wildman–Crippen MR) is 80.3 cm³/mol. The van der Waals surface area contributed by atoms with E-state index >= 15 is 0 Å². The molecule has 0 radical (unpaired) electrons. The molecule has 102 valence electrons. The molecule has 4 heteroatoms. The Labute approximate surface area is 119 Å². The number of rotatable bonds is 5. The molecule has 0 aliphatic heterocycles. The lowest BCUT2D eigenvalue weighted by Gasteiger charge is -2.09. The van der Waals surface area contributed by atoms with Crippen molar-refractivity contribution in [3.8, 4) is 17.3 Å². The van der Waals surface area contributed by atoms with Crippen LogP contribution < -0.4 is 5.32 Å². The number of nitriles is 1. The van der Waals surface area contributed by atoms with E-state index in [9.17, 15) is 0 Å². The largest absolute Gasteiger partial charge is 0.370 e. The van der Waals surface area contributed by atoms with Crippen LogP contribution in [0, 0.1) is 11.3 Å². The molecule has 2 aromatic rings. The van der Waals surface area contributed by atoms with Crippen molar-refractivity contribution in [2.24, 2.45) is 0 Å². The third-order valence-corrected chi connectivity index (χ3v) is 2.89. The zero-order valence-electron chi connectivity index (χ0n) is 11.8. The molecule has 2 rings (SSSR count). The van der Waals surface area contributed by atoms with Crippen LogP contribution in [0.1, 0.15) is 31.7 Å². The normalized spacial score (nSPS) is 10.1. The van der Waals surface area contributed by atoms with Gasteiger partial charge in [-0.25, -0.2) is 9.97 Å². The van der Waals surface area contributed by atoms with Gasteiger partial charge < -0.3 is 5.32 Å². The van der Waals surface area contributed by atoms with Crippen LogP contribution in [0.15, 0.2) is 30.3 Å². The van der Waals surface area contributed by atoms with Crippen LogP contribution in [0.2, 0.25) is 0 Å². The van der Waals surface area contributed by atoms with E-state index in [-0.39, 0.29) is 0 Å². The fraction of sp³-hybridized carbons (Fsp3) is 0.312. The highest BCUT2D eigenvalue weighted by molar-refractivity contribution is 5.64. The number of aromatic nitrogens is 2. The van der Waals surface area contributed by atoms with Crippen molar-refractivity contribution in [1.29, 1.82) is 5.26 Å². The zero-order valence-corrected chi connectivity index (χ0v) is 11.8. The molecule has 0 spiro atoms. The quantitative estimate of drug-likeness (QED) is 0.901. The van der Waals surface area contributed by atoms with Crippen LogP contribution in [0.3, 0.4) is 0 Å². The molecule has 1 aromatic heterocycles. The molecular formula is C16H18N4. The average Bonchev–Trinajstić information content (AvgIpc) is 2.48. The molecule has 0 atom stereocenters. The highest BCUT2D eigenvalue weighted by atomic mass is 15.0. The molecule has 0 bridgehead atoms. The molecule has 1 aromatic carbocycles. The van der Waals surface area contributed by atoms with Gasteiger partial charge in [-0.3, -0.25) is 0 Å². The van der Waals surface area contributed by atoms with Gasteiger partial charge in [0.1, 0.15) is 11.6 Å². The number of benzene rings is 1. The summed E-state index contributed by atoms with van der Waals surface area (Å²) in [4.78, 5) is 9.08. The van der Waals surface area contributed by atoms with E-state index in [2.05, 4.69) is 28.3 Å². The second-order valence-corrected chi connectivity index (χ2v) is 4.53. The van der Waals surface area contributed by atoms with Gasteiger partial charge in [0.05, 0.1) is 17.3 Å². The molecule has 1 heterocycles. The third-order valence-electron chi connectivity index (χ3n) is 2.89. The molecule has 0 saturated carbocycles. The number of nitrogens with one attached hydrogen (secondary N) is 1. The Morgan fingerprint density at radius 2 is 2.05 bits per heavy atom. The summed E-state index contributed by atoms with van der Waals surface area (Å²) in [6, 6.07) is 11.6. The van der Waals surface area contributed by atoms with Gasteiger partial charge in [-0.05, 0) is 25.5 Å². The lowest BCUT2D eigenvalue weighted by molar-refractivity contribution is 0.836. The SMILES string of the molecule is CCCc1nc(NCC)cc(-c2cccc(C#N)c2)n1. The van der Waals surface area contributed by atoms with Crippen LogP contribution >= 0.6 is 0 Å². The van der Waals surface area contributed by atoms with Crippen molar-refractivity contribution in [2.75, 3.05) is 11.9 Å². The summed E-state index contributed by atoms with van der Waals surface area (Å²) in [6.45, 7) is 4.97. The summed E-state index contributed by atoms with van der Waals surface area (Å²) in [7, 11) is 0. The lowest BCUT2D eigenvalue weighted by Crippen LogP contribution is -2.04. The van der Waals surface area contributed by atoms with E-state index in [4.69, 9.17) is 5.26 Å². The van der Waals surface area contributed by atoms with Crippen LogP contribution in [0.4, 0.5) is 5.82 Å². The molecule has 0 amide bonds. The first kappa shape index (κ1) is 14.0. The molecule has 0 saturated heterocycles. The fourth-order valence-electron chi connectivity index (χ4n) is 2.00. The molecule has 1 N–H and O–H groups in total. The van der Waals surface area contributed by atoms with Gasteiger partial charge in [-0.2, -0.15) is 5.26 Å². The summed E-state index contributed by atoms with van der Waals surface area (Å²) in [5, 5.41) is 12.2. The first-order chi connectivity index (χ1) is 9.76. The van der Waals surface area contributed by atoms with Crippen molar-refractivity contribution in [2.45, 2.75) is 26.7 Å². The van der Waals surface area contributed by atoms with E-state index in [1.165, 1.54) is 0 Å². The summed E-state index contributed by atoms with van der Waals surface area (Å²) in [6.07, 6.45) is 1.86. The van der Waals surface area contributed by atoms with Crippen LogP contribution in [-0.2, 0) is 6.42 Å². The molecule has 0 aliphatic carbocycles. The first-order valence-corrected chi connectivity index (χ1v) is 6.89. The summed E-state index contributed by atoms with van der Waals surface area (Å²) >= 11 is 0. The number of aryl methyl sites for hydroxylation is 1. The van der Waals surface area contributed by atoms with E-state index in [0.717, 1.165) is 42.3 Å². The summed E-state index contributed by atoms with van der Waals surface area (Å²) in [5.74, 6) is 1.67. The first-order valence-electron chi connectivity index (χ1n) is 6.89. The van der Waals surface area contributed by atoms with E-state index in [1.807, 2.05) is 31.2 Å². The van der Waals surface area contributed by atoms with Crippen LogP contribution in [0.25, 0.3) is 11.3 Å². The monoisotopic (exact) mass is 266 g/mol. The van der Waals surface area contributed by atoms with Crippen molar-refractivity contribution in [3.05, 3.63) is 41.7 Å². The Bertz CT molecular complexity index is 604. The highest BCUT2D eigenvalue weighted by Crippen LogP contribution is 2.21. The molecule has 20 heavy (non-hydrogen) atoms. The van der Waals surface area contributed by atoms with Crippen molar-refractivity contribution < 1.29 is 0 Å². The van der Waals surface area contributed by atoms with Crippen LogP contribution in [-0.4, -0.2) is 16.5 Å². The summed E-state index contributed by atoms with van der Waals surface area (Å²) in [5.41, 5.74) is 2.45.